The van der Waals surface area contributed by atoms with Crippen molar-refractivity contribution < 1.29 is 42.9 Å². The van der Waals surface area contributed by atoms with Crippen LogP contribution in [0.3, 0.4) is 0 Å². The van der Waals surface area contributed by atoms with Gasteiger partial charge in [0.15, 0.2) is 6.10 Å². The van der Waals surface area contributed by atoms with Crippen LogP contribution in [-0.2, 0) is 33.3 Å². The van der Waals surface area contributed by atoms with Crippen molar-refractivity contribution in [2.24, 2.45) is 0 Å². The molecule has 65 heavy (non-hydrogen) atoms. The van der Waals surface area contributed by atoms with Crippen molar-refractivity contribution in [3.63, 3.8) is 0 Å². The van der Waals surface area contributed by atoms with E-state index in [2.05, 4.69) is 13.8 Å². The Bertz CT molecular complexity index is 1030. The van der Waals surface area contributed by atoms with E-state index < -0.39 is 18.4 Å². The minimum absolute atomic E-state index is 0.173. The third-order valence-corrected chi connectivity index (χ3v) is 12.9. The number of ether oxygens (including phenoxy) is 4. The first-order valence-electron chi connectivity index (χ1n) is 28.2. The molecule has 0 heterocycles. The van der Waals surface area contributed by atoms with E-state index in [1.807, 2.05) is 21.1 Å². The van der Waals surface area contributed by atoms with Crippen LogP contribution in [0.15, 0.2) is 0 Å². The molecule has 2 unspecified atom stereocenters. The van der Waals surface area contributed by atoms with Gasteiger partial charge in [-0.25, -0.2) is 4.79 Å². The van der Waals surface area contributed by atoms with Crippen molar-refractivity contribution in [3.05, 3.63) is 0 Å². The van der Waals surface area contributed by atoms with Crippen LogP contribution in [0.2, 0.25) is 0 Å². The molecule has 0 saturated heterocycles. The quantitative estimate of drug-likeness (QED) is 0.0278. The molecular weight excluding hydrogens is 815 g/mol. The highest BCUT2D eigenvalue weighted by Crippen LogP contribution is 2.18. The zero-order valence-corrected chi connectivity index (χ0v) is 43.9. The van der Waals surface area contributed by atoms with Crippen LogP contribution < -0.4 is 0 Å². The highest BCUT2D eigenvalue weighted by atomic mass is 16.7. The largest absolute Gasteiger partial charge is 0.477 e. The lowest BCUT2D eigenvalue weighted by molar-refractivity contribution is -0.870. The van der Waals surface area contributed by atoms with Crippen molar-refractivity contribution in [3.8, 4) is 0 Å². The maximum Gasteiger partial charge on any atom is 0.361 e. The summed E-state index contributed by atoms with van der Waals surface area (Å²) in [7, 11) is 5.98. The van der Waals surface area contributed by atoms with Gasteiger partial charge in [-0.2, -0.15) is 0 Å². The van der Waals surface area contributed by atoms with Crippen molar-refractivity contribution in [2.75, 3.05) is 47.5 Å². The minimum Gasteiger partial charge on any atom is -0.477 e. The number of rotatable bonds is 53. The second-order valence-electron chi connectivity index (χ2n) is 20.6. The van der Waals surface area contributed by atoms with Crippen molar-refractivity contribution in [1.82, 2.24) is 0 Å². The topological polar surface area (TPSA) is 108 Å². The lowest BCUT2D eigenvalue weighted by atomic mass is 10.0. The fourth-order valence-electron chi connectivity index (χ4n) is 8.49. The predicted octanol–water partition coefficient (Wildman–Crippen LogP) is 16.0. The summed E-state index contributed by atoms with van der Waals surface area (Å²) in [6.07, 6.45) is 50.5. The summed E-state index contributed by atoms with van der Waals surface area (Å²) in [5.74, 6) is -1.98. The number of hydrogen-bond acceptors (Lipinski definition) is 7. The Balaban J connectivity index is 4.09. The third-order valence-electron chi connectivity index (χ3n) is 12.9. The average Bonchev–Trinajstić information content (AvgIpc) is 3.27. The molecule has 1 N–H and O–H groups in total. The summed E-state index contributed by atoms with van der Waals surface area (Å²) >= 11 is 0. The van der Waals surface area contributed by atoms with E-state index in [4.69, 9.17) is 18.9 Å². The van der Waals surface area contributed by atoms with E-state index in [-0.39, 0.29) is 38.2 Å². The van der Waals surface area contributed by atoms with Gasteiger partial charge in [0.25, 0.3) is 6.29 Å². The van der Waals surface area contributed by atoms with Crippen LogP contribution in [-0.4, -0.2) is 87.4 Å². The van der Waals surface area contributed by atoms with E-state index >= 15 is 0 Å². The van der Waals surface area contributed by atoms with E-state index in [9.17, 15) is 19.5 Å². The molecule has 386 valence electrons. The van der Waals surface area contributed by atoms with Gasteiger partial charge >= 0.3 is 17.9 Å². The second kappa shape index (κ2) is 48.7. The first-order chi connectivity index (χ1) is 31.6. The Morgan fingerprint density at radius 3 is 0.985 bits per heavy atom. The molecule has 0 saturated carbocycles. The molecule has 0 aliphatic carbocycles. The molecule has 0 fully saturated rings. The number of carboxylic acid groups (broad SMARTS) is 1. The molecule has 9 nitrogen and oxygen atoms in total. The van der Waals surface area contributed by atoms with Gasteiger partial charge in [0.2, 0.25) is 0 Å². The molecular formula is C56H110NO8+. The number of unbranched alkanes of at least 4 members (excludes halogenated alkanes) is 38. The third kappa shape index (κ3) is 50.0. The molecule has 0 rings (SSSR count). The molecule has 0 amide bonds. The molecule has 2 atom stereocenters. The van der Waals surface area contributed by atoms with Gasteiger partial charge < -0.3 is 28.5 Å². The lowest BCUT2D eigenvalue weighted by Crippen LogP contribution is -2.40. The SMILES string of the molecule is CCCCCCCCCCCCCCCCCCCCCCCCCCCCCCC(=O)OC(COC(=O)CCCCCCCCCCCCCC)COC(OCC[N+](C)(C)C)C(=O)O. The maximum absolute atomic E-state index is 12.8. The van der Waals surface area contributed by atoms with Gasteiger partial charge in [-0.05, 0) is 12.8 Å². The van der Waals surface area contributed by atoms with Crippen LogP contribution in [0.5, 0.6) is 0 Å². The van der Waals surface area contributed by atoms with E-state index in [1.54, 1.807) is 0 Å². The van der Waals surface area contributed by atoms with E-state index in [0.717, 1.165) is 38.5 Å². The maximum atomic E-state index is 12.8. The molecule has 0 aromatic carbocycles. The second-order valence-corrected chi connectivity index (χ2v) is 20.6. The number of quaternary nitrogens is 1. The molecule has 0 aliphatic rings. The number of esters is 2. The monoisotopic (exact) mass is 925 g/mol. The summed E-state index contributed by atoms with van der Waals surface area (Å²) in [5, 5.41) is 9.67. The van der Waals surface area contributed by atoms with Gasteiger partial charge in [0.1, 0.15) is 13.2 Å². The molecule has 0 radical (unpaired) electrons. The Hall–Kier alpha value is -1.71. The van der Waals surface area contributed by atoms with E-state index in [1.165, 1.54) is 218 Å². The summed E-state index contributed by atoms with van der Waals surface area (Å²) in [4.78, 5) is 37.3. The highest BCUT2D eigenvalue weighted by Gasteiger charge is 2.25. The zero-order chi connectivity index (χ0) is 47.7. The normalized spacial score (nSPS) is 12.7. The molecule has 0 spiro atoms. The Labute approximate surface area is 403 Å². The smallest absolute Gasteiger partial charge is 0.361 e. The van der Waals surface area contributed by atoms with Crippen molar-refractivity contribution >= 4 is 17.9 Å². The fourth-order valence-corrected chi connectivity index (χ4v) is 8.49. The van der Waals surface area contributed by atoms with Gasteiger partial charge in [0, 0.05) is 12.8 Å². The van der Waals surface area contributed by atoms with Crippen LogP contribution in [0.1, 0.15) is 284 Å². The summed E-state index contributed by atoms with van der Waals surface area (Å²) in [6.45, 7) is 4.93. The highest BCUT2D eigenvalue weighted by molar-refractivity contribution is 5.71. The van der Waals surface area contributed by atoms with Crippen LogP contribution >= 0.6 is 0 Å². The van der Waals surface area contributed by atoms with Gasteiger partial charge in [0.05, 0.1) is 34.4 Å². The first kappa shape index (κ1) is 63.3. The van der Waals surface area contributed by atoms with Crippen molar-refractivity contribution in [1.29, 1.82) is 0 Å². The zero-order valence-electron chi connectivity index (χ0n) is 43.9. The van der Waals surface area contributed by atoms with Crippen LogP contribution in [0.25, 0.3) is 0 Å². The minimum atomic E-state index is -1.50. The average molecular weight is 925 g/mol. The number of carbonyl (C=O) groups is 3. The number of hydrogen-bond donors (Lipinski definition) is 1. The molecule has 0 bridgehead atoms. The molecule has 0 aliphatic heterocycles. The summed E-state index contributed by atoms with van der Waals surface area (Å²) in [6, 6.07) is 0. The summed E-state index contributed by atoms with van der Waals surface area (Å²) < 4.78 is 22.8. The number of aliphatic carboxylic acids is 1. The fraction of sp³-hybridized carbons (Fsp3) is 0.946. The van der Waals surface area contributed by atoms with Crippen LogP contribution in [0, 0.1) is 0 Å². The molecule has 0 aromatic heterocycles. The van der Waals surface area contributed by atoms with Gasteiger partial charge in [-0.3, -0.25) is 9.59 Å². The number of likely N-dealkylation sites (N-methyl/N-ethyl adjacent to an activating group) is 1. The van der Waals surface area contributed by atoms with Gasteiger partial charge in [-0.1, -0.05) is 258 Å². The summed E-state index contributed by atoms with van der Waals surface area (Å²) in [5.41, 5.74) is 0. The van der Waals surface area contributed by atoms with E-state index in [0.29, 0.717) is 17.4 Å². The predicted molar refractivity (Wildman–Crippen MR) is 272 cm³/mol. The number of carboxylic acids is 1. The molecule has 0 aromatic rings. The standard InChI is InChI=1S/C56H109NO8/c1-6-8-10-12-14-16-18-20-21-22-23-24-25-26-27-28-29-30-31-32-33-34-35-37-39-41-43-45-47-54(59)65-52(51-64-56(55(60)61)62-49-48-57(3,4)5)50-63-53(58)46-44-42-40-38-36-19-17-15-13-11-9-7-2/h52,56H,6-51H2,1-5H3/p+1. The van der Waals surface area contributed by atoms with Gasteiger partial charge in [-0.15, -0.1) is 0 Å². The first-order valence-corrected chi connectivity index (χ1v) is 28.2. The molecule has 9 heteroatoms. The lowest BCUT2D eigenvalue weighted by Gasteiger charge is -2.25. The van der Waals surface area contributed by atoms with Crippen molar-refractivity contribution in [2.45, 2.75) is 296 Å². The Morgan fingerprint density at radius 1 is 0.400 bits per heavy atom. The Morgan fingerprint density at radius 2 is 0.692 bits per heavy atom. The van der Waals surface area contributed by atoms with Crippen LogP contribution in [0.4, 0.5) is 0 Å². The number of nitrogens with zero attached hydrogens (tertiary/aromatic N) is 1. The number of carbonyl (C=O) groups excluding carboxylic acids is 2. The Kier molecular flexibility index (Phi) is 47.5.